The molecule has 0 aromatic heterocycles. The lowest BCUT2D eigenvalue weighted by atomic mass is 9.95. The minimum atomic E-state index is -0.167. The zero-order valence-electron chi connectivity index (χ0n) is 17.5. The zero-order chi connectivity index (χ0) is 21.0. The predicted octanol–water partition coefficient (Wildman–Crippen LogP) is 1.72. The smallest absolute Gasteiger partial charge is 0.127 e. The van der Waals surface area contributed by atoms with E-state index in [1.54, 1.807) is 6.07 Å². The molecule has 0 amide bonds. The van der Waals surface area contributed by atoms with Crippen LogP contribution in [0.1, 0.15) is 29.2 Å². The summed E-state index contributed by atoms with van der Waals surface area (Å²) in [4.78, 5) is 7.11. The summed E-state index contributed by atoms with van der Waals surface area (Å²) in [5, 5.41) is 5.62. The quantitative estimate of drug-likeness (QED) is 0.469. The van der Waals surface area contributed by atoms with Crippen molar-refractivity contribution in [2.75, 3.05) is 50.7 Å². The van der Waals surface area contributed by atoms with E-state index in [4.69, 9.17) is 9.73 Å². The molecule has 0 aliphatic carbocycles. The second-order valence-electron chi connectivity index (χ2n) is 8.08. The first-order valence-corrected chi connectivity index (χ1v) is 11.8. The summed E-state index contributed by atoms with van der Waals surface area (Å²) in [5.41, 5.74) is 3.97. The lowest BCUT2D eigenvalue weighted by Crippen LogP contribution is -2.40. The van der Waals surface area contributed by atoms with Gasteiger partial charge in [-0.2, -0.15) is 0 Å². The number of halogens is 1. The number of nitrogens with zero attached hydrogens (tertiary/aromatic N) is 2. The monoisotopic (exact) mass is 441 g/mol. The van der Waals surface area contributed by atoms with Crippen molar-refractivity contribution in [3.8, 4) is 0 Å². The van der Waals surface area contributed by atoms with Gasteiger partial charge in [0.05, 0.1) is 30.3 Å². The molecule has 2 aromatic carbocycles. The number of fused-ring (bicyclic) bond motifs is 3. The van der Waals surface area contributed by atoms with Crippen LogP contribution in [0.4, 0.5) is 10.1 Å². The number of hydrogen-bond acceptors (Lipinski definition) is 7. The van der Waals surface area contributed by atoms with E-state index in [1.807, 2.05) is 12.1 Å². The summed E-state index contributed by atoms with van der Waals surface area (Å²) in [6.45, 7) is 6.67. The number of anilines is 1. The molecule has 5 rings (SSSR count). The Morgan fingerprint density at radius 2 is 2.13 bits per heavy atom. The zero-order valence-corrected chi connectivity index (χ0v) is 18.3. The van der Waals surface area contributed by atoms with E-state index in [9.17, 15) is 4.39 Å². The highest BCUT2D eigenvalue weighted by Gasteiger charge is 2.24. The van der Waals surface area contributed by atoms with Crippen molar-refractivity contribution in [2.24, 2.45) is 4.99 Å². The SMILES string of the molecule is Fc1ccc(C2NSNc3c2ccc2c3=NCCC=2)cc1CNCCN1CCOCC1. The highest BCUT2D eigenvalue weighted by Crippen LogP contribution is 2.33. The van der Waals surface area contributed by atoms with Gasteiger partial charge in [-0.3, -0.25) is 9.89 Å². The lowest BCUT2D eigenvalue weighted by Gasteiger charge is -2.28. The molecule has 1 atom stereocenters. The Morgan fingerprint density at radius 3 is 3.03 bits per heavy atom. The summed E-state index contributed by atoms with van der Waals surface area (Å²) in [6, 6.07) is 9.71. The fourth-order valence-electron chi connectivity index (χ4n) is 4.35. The van der Waals surface area contributed by atoms with Crippen molar-refractivity contribution in [1.82, 2.24) is 14.9 Å². The fraction of sp³-hybridized carbons (Fsp3) is 0.435. The van der Waals surface area contributed by atoms with Gasteiger partial charge in [-0.1, -0.05) is 24.3 Å². The molecule has 2 aromatic rings. The fourth-order valence-corrected chi connectivity index (χ4v) is 5.10. The molecule has 164 valence electrons. The van der Waals surface area contributed by atoms with E-state index < -0.39 is 0 Å². The Morgan fingerprint density at radius 1 is 1.23 bits per heavy atom. The highest BCUT2D eigenvalue weighted by atomic mass is 32.2. The third-order valence-electron chi connectivity index (χ3n) is 6.07. The molecule has 0 saturated carbocycles. The third kappa shape index (κ3) is 4.63. The molecular formula is C23H28FN5OS. The molecule has 0 spiro atoms. The maximum Gasteiger partial charge on any atom is 0.127 e. The van der Waals surface area contributed by atoms with Crippen molar-refractivity contribution >= 4 is 23.9 Å². The summed E-state index contributed by atoms with van der Waals surface area (Å²) < 4.78 is 26.7. The van der Waals surface area contributed by atoms with Crippen LogP contribution < -0.4 is 25.3 Å². The first kappa shape index (κ1) is 20.9. The van der Waals surface area contributed by atoms with E-state index in [1.165, 1.54) is 17.4 Å². The Hall–Kier alpha value is -1.97. The Labute approximate surface area is 186 Å². The van der Waals surface area contributed by atoms with Crippen LogP contribution in [0.3, 0.4) is 0 Å². The van der Waals surface area contributed by atoms with Crippen LogP contribution in [0.2, 0.25) is 0 Å². The minimum absolute atomic E-state index is 0.0172. The Bertz CT molecular complexity index is 1060. The molecule has 0 radical (unpaired) electrons. The van der Waals surface area contributed by atoms with Gasteiger partial charge < -0.3 is 14.8 Å². The minimum Gasteiger partial charge on any atom is -0.379 e. The maximum absolute atomic E-state index is 14.5. The van der Waals surface area contributed by atoms with Crippen LogP contribution in [0.25, 0.3) is 6.08 Å². The first-order valence-electron chi connectivity index (χ1n) is 10.9. The average molecular weight is 442 g/mol. The standard InChI is InChI=1S/C23H28FN5OS/c24-20-6-4-17(14-18(20)15-25-8-9-29-10-12-30-13-11-29)21-19-5-3-16-2-1-7-26-22(16)23(19)28-31-27-21/h2-6,14,21,25,27-28H,1,7-13,15H2. The van der Waals surface area contributed by atoms with Crippen molar-refractivity contribution in [2.45, 2.75) is 19.0 Å². The van der Waals surface area contributed by atoms with Gasteiger partial charge in [0, 0.05) is 62.5 Å². The van der Waals surface area contributed by atoms with Crippen LogP contribution >= 0.6 is 12.1 Å². The van der Waals surface area contributed by atoms with E-state index in [2.05, 4.69) is 37.9 Å². The van der Waals surface area contributed by atoms with Gasteiger partial charge >= 0.3 is 0 Å². The molecule has 31 heavy (non-hydrogen) atoms. The van der Waals surface area contributed by atoms with E-state index in [0.29, 0.717) is 12.1 Å². The summed E-state index contributed by atoms with van der Waals surface area (Å²) in [7, 11) is 0. The van der Waals surface area contributed by atoms with Gasteiger partial charge in [0.1, 0.15) is 5.82 Å². The topological polar surface area (TPSA) is 60.9 Å². The summed E-state index contributed by atoms with van der Waals surface area (Å²) in [6.07, 6.45) is 3.23. The third-order valence-corrected chi connectivity index (χ3v) is 6.73. The number of benzene rings is 2. The Kier molecular flexibility index (Phi) is 6.52. The predicted molar refractivity (Wildman–Crippen MR) is 123 cm³/mol. The van der Waals surface area contributed by atoms with Crippen LogP contribution in [-0.2, 0) is 11.3 Å². The van der Waals surface area contributed by atoms with Gasteiger partial charge in [-0.25, -0.2) is 9.11 Å². The molecule has 8 heteroatoms. The van der Waals surface area contributed by atoms with Gasteiger partial charge in [0.25, 0.3) is 0 Å². The van der Waals surface area contributed by atoms with Crippen LogP contribution in [0, 0.1) is 5.82 Å². The maximum atomic E-state index is 14.5. The van der Waals surface area contributed by atoms with Crippen molar-refractivity contribution < 1.29 is 9.13 Å². The van der Waals surface area contributed by atoms with E-state index in [0.717, 1.165) is 74.5 Å². The van der Waals surface area contributed by atoms with Gasteiger partial charge in [-0.05, 0) is 29.3 Å². The molecule has 3 aliphatic heterocycles. The molecule has 1 unspecified atom stereocenters. The molecule has 3 heterocycles. The normalized spacial score (nSPS) is 20.7. The van der Waals surface area contributed by atoms with Crippen LogP contribution in [0.5, 0.6) is 0 Å². The van der Waals surface area contributed by atoms with Crippen LogP contribution in [0.15, 0.2) is 35.3 Å². The van der Waals surface area contributed by atoms with Crippen molar-refractivity contribution in [3.63, 3.8) is 0 Å². The molecule has 1 saturated heterocycles. The molecule has 3 aliphatic rings. The summed E-state index contributed by atoms with van der Waals surface area (Å²) in [5.74, 6) is -0.167. The van der Waals surface area contributed by atoms with Crippen molar-refractivity contribution in [3.05, 3.63) is 63.4 Å². The number of rotatable bonds is 6. The van der Waals surface area contributed by atoms with Gasteiger partial charge in [0.2, 0.25) is 0 Å². The average Bonchev–Trinajstić information content (AvgIpc) is 2.83. The van der Waals surface area contributed by atoms with Crippen LogP contribution in [-0.4, -0.2) is 50.8 Å². The number of ether oxygens (including phenoxy) is 1. The molecule has 1 fully saturated rings. The van der Waals surface area contributed by atoms with Gasteiger partial charge in [-0.15, -0.1) is 0 Å². The second-order valence-corrected chi connectivity index (χ2v) is 8.72. The molecular weight excluding hydrogens is 413 g/mol. The number of nitrogens with one attached hydrogen (secondary N) is 3. The van der Waals surface area contributed by atoms with E-state index in [-0.39, 0.29) is 11.9 Å². The Balaban J connectivity index is 1.32. The van der Waals surface area contributed by atoms with Gasteiger partial charge in [0.15, 0.2) is 0 Å². The number of morpholine rings is 1. The lowest BCUT2D eigenvalue weighted by molar-refractivity contribution is 0.0384. The molecule has 3 N–H and O–H groups in total. The van der Waals surface area contributed by atoms with E-state index >= 15 is 0 Å². The summed E-state index contributed by atoms with van der Waals surface area (Å²) >= 11 is 1.46. The first-order chi connectivity index (χ1) is 15.3. The largest absolute Gasteiger partial charge is 0.379 e. The van der Waals surface area contributed by atoms with Crippen molar-refractivity contribution in [1.29, 1.82) is 0 Å². The molecule has 6 nitrogen and oxygen atoms in total. The second kappa shape index (κ2) is 9.67. The highest BCUT2D eigenvalue weighted by molar-refractivity contribution is 7.98. The number of hydrogen-bond donors (Lipinski definition) is 3. The molecule has 0 bridgehead atoms.